The lowest BCUT2D eigenvalue weighted by molar-refractivity contribution is 0.340. The molecule has 2 aromatic rings. The molecule has 110 valence electrons. The van der Waals surface area contributed by atoms with Gasteiger partial charge in [0.1, 0.15) is 11.6 Å². The Labute approximate surface area is 128 Å². The Balaban J connectivity index is 1.82. The predicted octanol–water partition coefficient (Wildman–Crippen LogP) is 3.54. The van der Waals surface area contributed by atoms with E-state index in [-0.39, 0.29) is 5.82 Å². The average molecular weight is 305 g/mol. The zero-order chi connectivity index (χ0) is 15.1. The van der Waals surface area contributed by atoms with Gasteiger partial charge >= 0.3 is 0 Å². The minimum Gasteiger partial charge on any atom is -0.494 e. The predicted molar refractivity (Wildman–Crippen MR) is 87.0 cm³/mol. The smallest absolute Gasteiger partial charge is 0.189 e. The third-order valence-electron chi connectivity index (χ3n) is 2.59. The summed E-state index contributed by atoms with van der Waals surface area (Å²) < 4.78 is 18.1. The molecule has 6 heteroatoms. The van der Waals surface area contributed by atoms with Crippen molar-refractivity contribution in [2.45, 2.75) is 6.92 Å². The molecule has 0 fully saturated rings. The van der Waals surface area contributed by atoms with Crippen molar-refractivity contribution in [3.8, 4) is 5.75 Å². The van der Waals surface area contributed by atoms with Crippen LogP contribution in [0.2, 0.25) is 0 Å². The summed E-state index contributed by atoms with van der Waals surface area (Å²) in [6, 6.07) is 13.4. The second-order valence-corrected chi connectivity index (χ2v) is 4.58. The topological polar surface area (TPSA) is 45.3 Å². The van der Waals surface area contributed by atoms with Crippen molar-refractivity contribution in [1.82, 2.24) is 5.43 Å². The van der Waals surface area contributed by atoms with Gasteiger partial charge in [0, 0.05) is 5.69 Å². The summed E-state index contributed by atoms with van der Waals surface area (Å²) in [5.41, 5.74) is 7.26. The molecular weight excluding hydrogens is 289 g/mol. The van der Waals surface area contributed by atoms with Crippen LogP contribution < -0.4 is 20.9 Å². The molecule has 4 nitrogen and oxygen atoms in total. The van der Waals surface area contributed by atoms with Crippen molar-refractivity contribution >= 4 is 28.7 Å². The van der Waals surface area contributed by atoms with Gasteiger partial charge < -0.3 is 10.1 Å². The number of nitrogens with one attached hydrogen (secondary N) is 3. The van der Waals surface area contributed by atoms with Crippen LogP contribution in [0.3, 0.4) is 0 Å². The first kappa shape index (κ1) is 15.1. The van der Waals surface area contributed by atoms with Crippen molar-refractivity contribution < 1.29 is 9.13 Å². The number of halogens is 1. The lowest BCUT2D eigenvalue weighted by atomic mass is 10.3. The van der Waals surface area contributed by atoms with Gasteiger partial charge in [0.2, 0.25) is 0 Å². The zero-order valence-corrected chi connectivity index (χ0v) is 12.3. The van der Waals surface area contributed by atoms with Gasteiger partial charge in [0.25, 0.3) is 0 Å². The van der Waals surface area contributed by atoms with E-state index >= 15 is 0 Å². The molecule has 0 aliphatic heterocycles. The van der Waals surface area contributed by atoms with Crippen LogP contribution in [-0.4, -0.2) is 11.7 Å². The molecule has 0 bridgehead atoms. The first-order valence-corrected chi connectivity index (χ1v) is 6.89. The summed E-state index contributed by atoms with van der Waals surface area (Å²) in [7, 11) is 0. The average Bonchev–Trinajstić information content (AvgIpc) is 2.49. The molecule has 0 unspecified atom stereocenters. The van der Waals surface area contributed by atoms with Gasteiger partial charge in [-0.1, -0.05) is 0 Å². The van der Waals surface area contributed by atoms with E-state index in [2.05, 4.69) is 16.2 Å². The number of anilines is 2. The van der Waals surface area contributed by atoms with Gasteiger partial charge in [-0.25, -0.2) is 4.39 Å². The van der Waals surface area contributed by atoms with Gasteiger partial charge in [0.15, 0.2) is 5.11 Å². The van der Waals surface area contributed by atoms with Gasteiger partial charge in [-0.2, -0.15) is 0 Å². The minimum atomic E-state index is -0.282. The molecule has 0 saturated carbocycles. The number of hydrazine groups is 1. The maximum absolute atomic E-state index is 12.8. The van der Waals surface area contributed by atoms with Crippen molar-refractivity contribution in [1.29, 1.82) is 0 Å². The second kappa shape index (κ2) is 7.44. The van der Waals surface area contributed by atoms with Crippen molar-refractivity contribution in [2.24, 2.45) is 0 Å². The molecule has 0 aromatic heterocycles. The summed E-state index contributed by atoms with van der Waals surface area (Å²) in [5, 5.41) is 3.43. The Morgan fingerprint density at radius 1 is 1.05 bits per heavy atom. The van der Waals surface area contributed by atoms with Gasteiger partial charge in [-0.15, -0.1) is 0 Å². The van der Waals surface area contributed by atoms with E-state index < -0.39 is 0 Å². The van der Waals surface area contributed by atoms with Crippen LogP contribution in [0.15, 0.2) is 48.5 Å². The van der Waals surface area contributed by atoms with E-state index in [0.29, 0.717) is 17.4 Å². The highest BCUT2D eigenvalue weighted by Gasteiger charge is 1.99. The Hall–Kier alpha value is -2.34. The number of benzene rings is 2. The van der Waals surface area contributed by atoms with E-state index in [0.717, 1.165) is 11.4 Å². The molecule has 0 aliphatic rings. The summed E-state index contributed by atoms with van der Waals surface area (Å²) >= 11 is 5.15. The number of ether oxygens (including phenoxy) is 1. The van der Waals surface area contributed by atoms with Crippen LogP contribution in [0.4, 0.5) is 15.8 Å². The highest BCUT2D eigenvalue weighted by Crippen LogP contribution is 2.15. The molecule has 0 spiro atoms. The van der Waals surface area contributed by atoms with Crippen LogP contribution in [0.1, 0.15) is 6.92 Å². The number of hydrogen-bond donors (Lipinski definition) is 3. The van der Waals surface area contributed by atoms with Crippen LogP contribution in [-0.2, 0) is 0 Å². The summed E-state index contributed by atoms with van der Waals surface area (Å²) in [6.07, 6.45) is 0. The van der Waals surface area contributed by atoms with Crippen LogP contribution in [0, 0.1) is 5.82 Å². The van der Waals surface area contributed by atoms with Gasteiger partial charge in [0.05, 0.1) is 12.3 Å². The monoisotopic (exact) mass is 305 g/mol. The van der Waals surface area contributed by atoms with Crippen LogP contribution in [0.25, 0.3) is 0 Å². The lowest BCUT2D eigenvalue weighted by Gasteiger charge is -2.13. The quantitative estimate of drug-likeness (QED) is 0.582. The molecule has 0 atom stereocenters. The van der Waals surface area contributed by atoms with E-state index in [9.17, 15) is 4.39 Å². The van der Waals surface area contributed by atoms with E-state index in [1.807, 2.05) is 31.2 Å². The third kappa shape index (κ3) is 4.92. The Bertz CT molecular complexity index is 587. The number of rotatable bonds is 5. The van der Waals surface area contributed by atoms with Crippen molar-refractivity contribution in [2.75, 3.05) is 17.3 Å². The highest BCUT2D eigenvalue weighted by atomic mass is 32.1. The van der Waals surface area contributed by atoms with E-state index in [1.165, 1.54) is 12.1 Å². The fraction of sp³-hybridized carbons (Fsp3) is 0.133. The maximum Gasteiger partial charge on any atom is 0.189 e. The number of thiocarbonyl (C=S) groups is 1. The maximum atomic E-state index is 12.8. The third-order valence-corrected chi connectivity index (χ3v) is 2.79. The molecule has 21 heavy (non-hydrogen) atoms. The number of hydrogen-bond acceptors (Lipinski definition) is 3. The van der Waals surface area contributed by atoms with E-state index in [4.69, 9.17) is 17.0 Å². The summed E-state index contributed by atoms with van der Waals surface area (Å²) in [6.45, 7) is 2.57. The first-order chi connectivity index (χ1) is 10.2. The Morgan fingerprint density at radius 2 is 1.67 bits per heavy atom. The molecule has 2 rings (SSSR count). The summed E-state index contributed by atoms with van der Waals surface area (Å²) in [4.78, 5) is 0. The normalized spacial score (nSPS) is 9.81. The largest absolute Gasteiger partial charge is 0.494 e. The molecule has 3 N–H and O–H groups in total. The van der Waals surface area contributed by atoms with Crippen molar-refractivity contribution in [3.63, 3.8) is 0 Å². The lowest BCUT2D eigenvalue weighted by Crippen LogP contribution is -2.33. The van der Waals surface area contributed by atoms with Crippen LogP contribution in [0.5, 0.6) is 5.75 Å². The molecule has 0 aliphatic carbocycles. The zero-order valence-electron chi connectivity index (χ0n) is 11.5. The molecule has 0 amide bonds. The molecular formula is C15H16FN3OS. The van der Waals surface area contributed by atoms with Gasteiger partial charge in [-0.3, -0.25) is 10.9 Å². The Kier molecular flexibility index (Phi) is 5.34. The molecule has 0 radical (unpaired) electrons. The van der Waals surface area contributed by atoms with Crippen molar-refractivity contribution in [3.05, 3.63) is 54.3 Å². The Morgan fingerprint density at radius 3 is 2.29 bits per heavy atom. The SMILES string of the molecule is CCOc1ccc(NC(=S)NNc2ccc(F)cc2)cc1. The molecule has 0 heterocycles. The standard InChI is InChI=1S/C15H16FN3OS/c1-2-20-14-9-7-12(8-10-14)17-15(21)19-18-13-5-3-11(16)4-6-13/h3-10,18H,2H2,1H3,(H2,17,19,21). The first-order valence-electron chi connectivity index (χ1n) is 6.49. The highest BCUT2D eigenvalue weighted by molar-refractivity contribution is 7.80. The van der Waals surface area contributed by atoms with Crippen LogP contribution >= 0.6 is 12.2 Å². The summed E-state index contributed by atoms with van der Waals surface area (Å²) in [5.74, 6) is 0.530. The minimum absolute atomic E-state index is 0.282. The fourth-order valence-corrected chi connectivity index (χ4v) is 1.79. The fourth-order valence-electron chi connectivity index (χ4n) is 1.63. The van der Waals surface area contributed by atoms with E-state index in [1.54, 1.807) is 12.1 Å². The molecule has 2 aromatic carbocycles. The molecule has 0 saturated heterocycles. The van der Waals surface area contributed by atoms with Gasteiger partial charge in [-0.05, 0) is 67.7 Å². The second-order valence-electron chi connectivity index (χ2n) is 4.17.